The molecule has 0 fully saturated rings. The molecule has 0 aliphatic rings. The fourth-order valence-electron chi connectivity index (χ4n) is 1.34. The second kappa shape index (κ2) is 5.68. The molecule has 0 aliphatic carbocycles. The van der Waals surface area contributed by atoms with Gasteiger partial charge in [-0.05, 0) is 46.9 Å². The van der Waals surface area contributed by atoms with Gasteiger partial charge in [0.1, 0.15) is 12.4 Å². The fourth-order valence-corrected chi connectivity index (χ4v) is 1.79. The predicted molar refractivity (Wildman–Crippen MR) is 71.6 cm³/mol. The molecule has 5 heteroatoms. The zero-order chi connectivity index (χ0) is 12.1. The van der Waals surface area contributed by atoms with Gasteiger partial charge >= 0.3 is 0 Å². The topological polar surface area (TPSA) is 50.8 Å². The largest absolute Gasteiger partial charge is 0.492 e. The molecular formula is C12H10IN3O. The Morgan fingerprint density at radius 3 is 2.71 bits per heavy atom. The highest BCUT2D eigenvalue weighted by atomic mass is 127. The lowest BCUT2D eigenvalue weighted by Gasteiger charge is -2.05. The molecule has 4 nitrogen and oxygen atoms in total. The summed E-state index contributed by atoms with van der Waals surface area (Å²) in [4.78, 5) is 0. The van der Waals surface area contributed by atoms with Gasteiger partial charge in [-0.15, -0.1) is 0 Å². The van der Waals surface area contributed by atoms with Crippen molar-refractivity contribution in [3.05, 3.63) is 45.8 Å². The average molecular weight is 339 g/mol. The Balaban J connectivity index is 1.84. The molecule has 0 radical (unpaired) electrons. The average Bonchev–Trinajstić information content (AvgIpc) is 2.76. The molecule has 0 unspecified atom stereocenters. The van der Waals surface area contributed by atoms with Gasteiger partial charge in [0, 0.05) is 6.20 Å². The predicted octanol–water partition coefficient (Wildman–Crippen LogP) is 2.44. The van der Waals surface area contributed by atoms with Gasteiger partial charge in [-0.1, -0.05) is 0 Å². The van der Waals surface area contributed by atoms with Crippen molar-refractivity contribution in [3.63, 3.8) is 0 Å². The van der Waals surface area contributed by atoms with Crippen LogP contribution in [-0.4, -0.2) is 16.4 Å². The second-order valence-electron chi connectivity index (χ2n) is 3.41. The lowest BCUT2D eigenvalue weighted by Crippen LogP contribution is -2.08. The first-order valence-corrected chi connectivity index (χ1v) is 6.17. The first kappa shape index (κ1) is 11.9. The molecule has 0 atom stereocenters. The van der Waals surface area contributed by atoms with E-state index in [4.69, 9.17) is 10.00 Å². The Bertz CT molecular complexity index is 527. The molecule has 0 saturated carbocycles. The van der Waals surface area contributed by atoms with Crippen molar-refractivity contribution in [1.82, 2.24) is 9.78 Å². The second-order valence-corrected chi connectivity index (χ2v) is 4.65. The van der Waals surface area contributed by atoms with E-state index in [9.17, 15) is 0 Å². The Morgan fingerprint density at radius 2 is 2.12 bits per heavy atom. The highest BCUT2D eigenvalue weighted by molar-refractivity contribution is 14.1. The number of halogens is 1. The maximum absolute atomic E-state index is 8.65. The lowest BCUT2D eigenvalue weighted by molar-refractivity contribution is 0.291. The quantitative estimate of drug-likeness (QED) is 0.804. The van der Waals surface area contributed by atoms with Gasteiger partial charge in [-0.2, -0.15) is 10.4 Å². The normalized spacial score (nSPS) is 9.88. The number of rotatable bonds is 4. The van der Waals surface area contributed by atoms with Crippen molar-refractivity contribution in [2.24, 2.45) is 0 Å². The lowest BCUT2D eigenvalue weighted by atomic mass is 10.2. The van der Waals surface area contributed by atoms with Crippen molar-refractivity contribution < 1.29 is 4.74 Å². The molecule has 0 saturated heterocycles. The van der Waals surface area contributed by atoms with Crippen LogP contribution in [0.4, 0.5) is 0 Å². The molecule has 2 rings (SSSR count). The maximum Gasteiger partial charge on any atom is 0.119 e. The van der Waals surface area contributed by atoms with Crippen LogP contribution in [0.5, 0.6) is 5.75 Å². The zero-order valence-corrected chi connectivity index (χ0v) is 11.2. The van der Waals surface area contributed by atoms with Gasteiger partial charge in [0.25, 0.3) is 0 Å². The van der Waals surface area contributed by atoms with Crippen molar-refractivity contribution in [2.45, 2.75) is 6.54 Å². The third kappa shape index (κ3) is 3.46. The van der Waals surface area contributed by atoms with Crippen molar-refractivity contribution in [3.8, 4) is 11.8 Å². The fraction of sp³-hybridized carbons (Fsp3) is 0.167. The molecule has 0 aliphatic heterocycles. The van der Waals surface area contributed by atoms with E-state index >= 15 is 0 Å². The number of nitrogens with zero attached hydrogens (tertiary/aromatic N) is 3. The molecule has 0 amide bonds. The Labute approximate surface area is 113 Å². The van der Waals surface area contributed by atoms with Gasteiger partial charge in [0.15, 0.2) is 0 Å². The van der Waals surface area contributed by atoms with Crippen molar-refractivity contribution in [2.75, 3.05) is 6.61 Å². The summed E-state index contributed by atoms with van der Waals surface area (Å²) < 4.78 is 8.50. The third-order valence-electron chi connectivity index (χ3n) is 2.17. The molecule has 86 valence electrons. The van der Waals surface area contributed by atoms with Crippen LogP contribution in [-0.2, 0) is 6.54 Å². The SMILES string of the molecule is N#Cc1ccc(OCCn2cc(I)cn2)cc1. The minimum absolute atomic E-state index is 0.559. The summed E-state index contributed by atoms with van der Waals surface area (Å²) in [6.45, 7) is 1.27. The molecule has 2 aromatic rings. The van der Waals surface area contributed by atoms with Gasteiger partial charge in [0.2, 0.25) is 0 Å². The molecule has 0 spiro atoms. The molecular weight excluding hydrogens is 329 g/mol. The Morgan fingerprint density at radius 1 is 1.35 bits per heavy atom. The number of nitriles is 1. The molecule has 1 heterocycles. The van der Waals surface area contributed by atoms with Gasteiger partial charge in [0.05, 0.1) is 27.9 Å². The maximum atomic E-state index is 8.65. The summed E-state index contributed by atoms with van der Waals surface area (Å²) in [5.41, 5.74) is 0.638. The van der Waals surface area contributed by atoms with Crippen LogP contribution in [0.2, 0.25) is 0 Å². The highest BCUT2D eigenvalue weighted by Gasteiger charge is 1.97. The minimum atomic E-state index is 0.559. The number of benzene rings is 1. The standard InChI is InChI=1S/C12H10IN3O/c13-11-8-15-16(9-11)5-6-17-12-3-1-10(7-14)2-4-12/h1-4,8-9H,5-6H2. The van der Waals surface area contributed by atoms with Crippen molar-refractivity contribution in [1.29, 1.82) is 5.26 Å². The van der Waals surface area contributed by atoms with Crippen LogP contribution in [0.3, 0.4) is 0 Å². The minimum Gasteiger partial charge on any atom is -0.492 e. The first-order chi connectivity index (χ1) is 8.28. The number of hydrogen-bond donors (Lipinski definition) is 0. The third-order valence-corrected chi connectivity index (χ3v) is 2.73. The van der Waals surface area contributed by atoms with Crippen LogP contribution in [0.1, 0.15) is 5.56 Å². The number of aromatic nitrogens is 2. The summed E-state index contributed by atoms with van der Waals surface area (Å²) in [5, 5.41) is 12.8. The van der Waals surface area contributed by atoms with Crippen LogP contribution >= 0.6 is 22.6 Å². The molecule has 1 aromatic heterocycles. The monoisotopic (exact) mass is 339 g/mol. The summed E-state index contributed by atoms with van der Waals surface area (Å²) in [5.74, 6) is 0.769. The van der Waals surface area contributed by atoms with E-state index in [1.807, 2.05) is 17.1 Å². The molecule has 0 N–H and O–H groups in total. The van der Waals surface area contributed by atoms with Crippen molar-refractivity contribution >= 4 is 22.6 Å². The first-order valence-electron chi connectivity index (χ1n) is 5.09. The number of ether oxygens (including phenoxy) is 1. The van der Waals surface area contributed by atoms with Crippen LogP contribution in [0, 0.1) is 14.9 Å². The highest BCUT2D eigenvalue weighted by Crippen LogP contribution is 2.11. The van der Waals surface area contributed by atoms with Crippen LogP contribution in [0.25, 0.3) is 0 Å². The zero-order valence-electron chi connectivity index (χ0n) is 9.01. The molecule has 17 heavy (non-hydrogen) atoms. The summed E-state index contributed by atoms with van der Waals surface area (Å²) >= 11 is 2.22. The number of hydrogen-bond acceptors (Lipinski definition) is 3. The van der Waals surface area contributed by atoms with E-state index < -0.39 is 0 Å². The smallest absolute Gasteiger partial charge is 0.119 e. The van der Waals surface area contributed by atoms with Gasteiger partial charge in [-0.25, -0.2) is 0 Å². The summed E-state index contributed by atoms with van der Waals surface area (Å²) in [6, 6.07) is 9.15. The molecule has 1 aromatic carbocycles. The van der Waals surface area contributed by atoms with E-state index in [0.29, 0.717) is 18.7 Å². The van der Waals surface area contributed by atoms with Crippen LogP contribution in [0.15, 0.2) is 36.7 Å². The van der Waals surface area contributed by atoms with Gasteiger partial charge in [-0.3, -0.25) is 4.68 Å². The summed E-state index contributed by atoms with van der Waals surface area (Å²) in [6.07, 6.45) is 3.77. The van der Waals surface area contributed by atoms with E-state index in [0.717, 1.165) is 9.32 Å². The van der Waals surface area contributed by atoms with Gasteiger partial charge < -0.3 is 4.74 Å². The summed E-state index contributed by atoms with van der Waals surface area (Å²) in [7, 11) is 0. The van der Waals surface area contributed by atoms with E-state index in [1.165, 1.54) is 0 Å². The Hall–Kier alpha value is -1.55. The van der Waals surface area contributed by atoms with Crippen LogP contribution < -0.4 is 4.74 Å². The van der Waals surface area contributed by atoms with E-state index in [-0.39, 0.29) is 0 Å². The van der Waals surface area contributed by atoms with E-state index in [2.05, 4.69) is 33.8 Å². The Kier molecular flexibility index (Phi) is 3.98. The molecule has 0 bridgehead atoms. The van der Waals surface area contributed by atoms with E-state index in [1.54, 1.807) is 24.3 Å².